The molecule has 0 aromatic rings. The first-order chi connectivity index (χ1) is 6.56. The molecule has 0 aliphatic carbocycles. The molecule has 0 saturated carbocycles. The van der Waals surface area contributed by atoms with E-state index in [1.165, 1.54) is 7.11 Å². The van der Waals surface area contributed by atoms with Gasteiger partial charge in [-0.15, -0.1) is 0 Å². The van der Waals surface area contributed by atoms with Crippen molar-refractivity contribution in [2.24, 2.45) is 0 Å². The largest absolute Gasteiger partial charge is 0.522 e. The predicted molar refractivity (Wildman–Crippen MR) is 44.5 cm³/mol. The number of carbonyl (C=O) groups is 1. The number of esters is 1. The summed E-state index contributed by atoms with van der Waals surface area (Å²) in [5.41, 5.74) is -5.53. The van der Waals surface area contributed by atoms with Crippen molar-refractivity contribution in [2.45, 2.75) is 25.3 Å². The molecule has 15 heavy (non-hydrogen) atoms. The van der Waals surface area contributed by atoms with Crippen LogP contribution < -0.4 is 0 Å². The highest BCUT2D eigenvalue weighted by molar-refractivity contribution is 7.86. The van der Waals surface area contributed by atoms with Gasteiger partial charge in [0.2, 0.25) is 0 Å². The average molecular weight is 252 g/mol. The summed E-state index contributed by atoms with van der Waals surface area (Å²) in [6.07, 6.45) is 1.41. The third kappa shape index (κ3) is 9.47. The van der Waals surface area contributed by atoms with Crippen molar-refractivity contribution in [3.05, 3.63) is 0 Å². The fourth-order valence-corrected chi connectivity index (χ4v) is 0.306. The Hall–Kier alpha value is -0.830. The number of rotatable bonds is 2. The van der Waals surface area contributed by atoms with Crippen molar-refractivity contribution in [3.63, 3.8) is 0 Å². The molecule has 5 nitrogen and oxygen atoms in total. The maximum absolute atomic E-state index is 10.7. The maximum atomic E-state index is 10.7. The highest BCUT2D eigenvalue weighted by atomic mass is 32.2. The van der Waals surface area contributed by atoms with Gasteiger partial charge < -0.3 is 4.74 Å². The molecule has 0 rings (SSSR count). The molecule has 0 aliphatic heterocycles. The zero-order valence-corrected chi connectivity index (χ0v) is 8.85. The quantitative estimate of drug-likeness (QED) is 0.456. The van der Waals surface area contributed by atoms with Gasteiger partial charge in [0.05, 0.1) is 7.11 Å². The van der Waals surface area contributed by atoms with Crippen molar-refractivity contribution in [2.75, 3.05) is 7.11 Å². The Balaban J connectivity index is 0. The summed E-state index contributed by atoms with van der Waals surface area (Å²) in [4.78, 5) is 10.2. The van der Waals surface area contributed by atoms with E-state index in [9.17, 15) is 18.0 Å². The summed E-state index contributed by atoms with van der Waals surface area (Å²) in [6.45, 7) is 1.94. The van der Waals surface area contributed by atoms with E-state index >= 15 is 0 Å². The smallest absolute Gasteiger partial charge is 0.469 e. The first kappa shape index (κ1) is 16.6. The fraction of sp³-hybridized carbons (Fsp3) is 0.833. The van der Waals surface area contributed by atoms with Gasteiger partial charge in [-0.05, 0) is 6.42 Å². The number of ether oxygens (including phenoxy) is 1. The molecule has 0 atom stereocenters. The summed E-state index contributed by atoms with van der Waals surface area (Å²) >= 11 is 0. The Kier molecular flexibility index (Phi) is 7.32. The summed E-state index contributed by atoms with van der Waals surface area (Å²) in [6, 6.07) is 0. The van der Waals surface area contributed by atoms with Gasteiger partial charge in [-0.3, -0.25) is 9.35 Å². The average Bonchev–Trinajstić information content (AvgIpc) is 2.02. The van der Waals surface area contributed by atoms with Gasteiger partial charge in [0.25, 0.3) is 0 Å². The fourth-order valence-electron chi connectivity index (χ4n) is 0.306. The van der Waals surface area contributed by atoms with E-state index in [0.717, 1.165) is 6.42 Å². The minimum atomic E-state index is -5.84. The second kappa shape index (κ2) is 6.62. The number of carbonyl (C=O) groups excluding carboxylic acids is 1. The molecule has 0 unspecified atom stereocenters. The summed E-state index contributed by atoms with van der Waals surface area (Å²) in [5, 5.41) is 0. The molecule has 0 bridgehead atoms. The Morgan fingerprint density at radius 1 is 1.40 bits per heavy atom. The molecule has 0 radical (unpaired) electrons. The van der Waals surface area contributed by atoms with Gasteiger partial charge in [-0.1, -0.05) is 6.92 Å². The van der Waals surface area contributed by atoms with E-state index < -0.39 is 15.6 Å². The van der Waals surface area contributed by atoms with Crippen molar-refractivity contribution in [1.29, 1.82) is 0 Å². The van der Waals surface area contributed by atoms with Crippen LogP contribution in [0.4, 0.5) is 13.2 Å². The topological polar surface area (TPSA) is 80.7 Å². The van der Waals surface area contributed by atoms with Gasteiger partial charge in [0.15, 0.2) is 0 Å². The molecule has 0 aromatic carbocycles. The minimum absolute atomic E-state index is 0.123. The minimum Gasteiger partial charge on any atom is -0.469 e. The number of alkyl halides is 3. The van der Waals surface area contributed by atoms with Crippen LogP contribution in [0.3, 0.4) is 0 Å². The standard InChI is InChI=1S/C5H10O2.CHF3O3S/c1-3-4-5(6)7-2;2-1(3,4)8(5,6)7/h3-4H2,1-2H3;(H,5,6,7). The van der Waals surface area contributed by atoms with Crippen LogP contribution in [0.1, 0.15) is 19.8 Å². The van der Waals surface area contributed by atoms with Gasteiger partial charge >= 0.3 is 21.6 Å². The Morgan fingerprint density at radius 3 is 1.80 bits per heavy atom. The van der Waals surface area contributed by atoms with Gasteiger partial charge in [0.1, 0.15) is 0 Å². The highest BCUT2D eigenvalue weighted by Crippen LogP contribution is 2.20. The van der Waals surface area contributed by atoms with Crippen LogP contribution in [0.5, 0.6) is 0 Å². The maximum Gasteiger partial charge on any atom is 0.522 e. The van der Waals surface area contributed by atoms with Gasteiger partial charge in [-0.2, -0.15) is 21.6 Å². The van der Waals surface area contributed by atoms with Gasteiger partial charge in [-0.25, -0.2) is 0 Å². The third-order valence-corrected chi connectivity index (χ3v) is 1.56. The molecule has 0 fully saturated rings. The monoisotopic (exact) mass is 252 g/mol. The van der Waals surface area contributed by atoms with Crippen LogP contribution in [0, 0.1) is 0 Å². The molecule has 0 aliphatic rings. The molecule has 0 saturated heterocycles. The molecule has 92 valence electrons. The van der Waals surface area contributed by atoms with E-state index in [2.05, 4.69) is 4.74 Å². The van der Waals surface area contributed by atoms with Crippen molar-refractivity contribution >= 4 is 16.1 Å². The Morgan fingerprint density at radius 2 is 1.73 bits per heavy atom. The number of hydrogen-bond donors (Lipinski definition) is 1. The highest BCUT2D eigenvalue weighted by Gasteiger charge is 2.44. The lowest BCUT2D eigenvalue weighted by Gasteiger charge is -1.97. The Bertz CT molecular complexity index is 282. The zero-order valence-electron chi connectivity index (χ0n) is 8.04. The van der Waals surface area contributed by atoms with Crippen molar-refractivity contribution in [1.82, 2.24) is 0 Å². The van der Waals surface area contributed by atoms with Crippen LogP contribution in [0.2, 0.25) is 0 Å². The predicted octanol–water partition coefficient (Wildman–Crippen LogP) is 1.35. The van der Waals surface area contributed by atoms with Crippen LogP contribution in [-0.2, 0) is 19.6 Å². The summed E-state index contributed by atoms with van der Waals surface area (Å²) in [7, 11) is -4.44. The second-order valence-electron chi connectivity index (χ2n) is 2.25. The molecule has 0 spiro atoms. The lowest BCUT2D eigenvalue weighted by atomic mass is 10.3. The van der Waals surface area contributed by atoms with Gasteiger partial charge in [0, 0.05) is 6.42 Å². The molecule has 0 amide bonds. The molecular weight excluding hydrogens is 241 g/mol. The first-order valence-corrected chi connectivity index (χ1v) is 5.10. The lowest BCUT2D eigenvalue weighted by molar-refractivity contribution is -0.140. The molecule has 9 heteroatoms. The molecular formula is C6H11F3O5S. The summed E-state index contributed by atoms with van der Waals surface area (Å²) in [5.74, 6) is -0.123. The van der Waals surface area contributed by atoms with Crippen LogP contribution >= 0.6 is 0 Å². The van der Waals surface area contributed by atoms with Crippen LogP contribution in [-0.4, -0.2) is 31.6 Å². The van der Waals surface area contributed by atoms with Crippen LogP contribution in [0.15, 0.2) is 0 Å². The molecule has 0 aromatic heterocycles. The van der Waals surface area contributed by atoms with Crippen molar-refractivity contribution in [3.8, 4) is 0 Å². The van der Waals surface area contributed by atoms with E-state index in [1.54, 1.807) is 0 Å². The third-order valence-electron chi connectivity index (χ3n) is 0.974. The number of hydrogen-bond acceptors (Lipinski definition) is 4. The zero-order chi connectivity index (χ0) is 12.7. The van der Waals surface area contributed by atoms with Crippen molar-refractivity contribution < 1.29 is 35.7 Å². The molecule has 1 N–H and O–H groups in total. The lowest BCUT2D eigenvalue weighted by Crippen LogP contribution is -2.21. The number of methoxy groups -OCH3 is 1. The first-order valence-electron chi connectivity index (χ1n) is 3.66. The second-order valence-corrected chi connectivity index (χ2v) is 3.66. The normalized spacial score (nSPS) is 11.3. The van der Waals surface area contributed by atoms with E-state index in [1.807, 2.05) is 6.92 Å². The SMILES string of the molecule is CCCC(=O)OC.O=S(=O)(O)C(F)(F)F. The summed E-state index contributed by atoms with van der Waals surface area (Å²) < 4.78 is 61.9. The Labute approximate surface area is 85.0 Å². The van der Waals surface area contributed by atoms with E-state index in [-0.39, 0.29) is 5.97 Å². The van der Waals surface area contributed by atoms with E-state index in [4.69, 9.17) is 13.0 Å². The van der Waals surface area contributed by atoms with E-state index in [0.29, 0.717) is 6.42 Å². The van der Waals surface area contributed by atoms with Crippen LogP contribution in [0.25, 0.3) is 0 Å². The molecule has 0 heterocycles. The number of halogens is 3.